The zero-order chi connectivity index (χ0) is 12.4. The van der Waals surface area contributed by atoms with Gasteiger partial charge >= 0.3 is 0 Å². The minimum atomic E-state index is 0.401. The summed E-state index contributed by atoms with van der Waals surface area (Å²) >= 11 is 0. The Bertz CT molecular complexity index is 413. The lowest BCUT2D eigenvalue weighted by atomic mass is 9.90. The van der Waals surface area contributed by atoms with Gasteiger partial charge < -0.3 is 9.64 Å². The molecule has 1 saturated carbocycles. The van der Waals surface area contributed by atoms with E-state index in [-0.39, 0.29) is 0 Å². The number of aldehydes is 1. The van der Waals surface area contributed by atoms with Gasteiger partial charge in [-0.25, -0.2) is 0 Å². The summed E-state index contributed by atoms with van der Waals surface area (Å²) in [6, 6.07) is 8.43. The zero-order valence-electron chi connectivity index (χ0n) is 10.5. The van der Waals surface area contributed by atoms with Crippen molar-refractivity contribution >= 4 is 12.0 Å². The Morgan fingerprint density at radius 1 is 1.17 bits per heavy atom. The van der Waals surface area contributed by atoms with Crippen molar-refractivity contribution in [2.24, 2.45) is 0 Å². The summed E-state index contributed by atoms with van der Waals surface area (Å²) in [6.07, 6.45) is 6.30. The van der Waals surface area contributed by atoms with E-state index >= 15 is 0 Å². The van der Waals surface area contributed by atoms with E-state index in [2.05, 4.69) is 17.0 Å². The van der Waals surface area contributed by atoms with Crippen LogP contribution in [0.5, 0.6) is 0 Å². The first-order valence-corrected chi connectivity index (χ1v) is 6.82. The number of morpholine rings is 1. The molecule has 1 heterocycles. The van der Waals surface area contributed by atoms with E-state index in [4.69, 9.17) is 4.74 Å². The van der Waals surface area contributed by atoms with Gasteiger partial charge in [-0.1, -0.05) is 12.8 Å². The molecule has 0 bridgehead atoms. The third-order valence-corrected chi connectivity index (χ3v) is 4.09. The molecule has 0 radical (unpaired) electrons. The molecule has 3 rings (SSSR count). The van der Waals surface area contributed by atoms with Gasteiger partial charge in [0.05, 0.1) is 18.8 Å². The molecule has 96 valence electrons. The minimum absolute atomic E-state index is 0.401. The fraction of sp³-hybridized carbons (Fsp3) is 0.533. The molecule has 2 aliphatic rings. The van der Waals surface area contributed by atoms with E-state index in [1.165, 1.54) is 31.4 Å². The molecule has 1 aliphatic heterocycles. The van der Waals surface area contributed by atoms with Gasteiger partial charge in [-0.3, -0.25) is 4.79 Å². The molecule has 2 unspecified atom stereocenters. The summed E-state index contributed by atoms with van der Waals surface area (Å²) in [5.74, 6) is 0. The summed E-state index contributed by atoms with van der Waals surface area (Å²) in [7, 11) is 0. The summed E-state index contributed by atoms with van der Waals surface area (Å²) in [5, 5.41) is 0. The topological polar surface area (TPSA) is 29.5 Å². The number of benzene rings is 1. The Labute approximate surface area is 108 Å². The van der Waals surface area contributed by atoms with Gasteiger partial charge in [-0.2, -0.15) is 0 Å². The molecule has 0 amide bonds. The van der Waals surface area contributed by atoms with E-state index in [0.29, 0.717) is 12.1 Å². The minimum Gasteiger partial charge on any atom is -0.374 e. The highest BCUT2D eigenvalue weighted by Crippen LogP contribution is 2.31. The van der Waals surface area contributed by atoms with Gasteiger partial charge in [-0.05, 0) is 37.1 Å². The van der Waals surface area contributed by atoms with Crippen molar-refractivity contribution in [3.05, 3.63) is 29.8 Å². The van der Waals surface area contributed by atoms with E-state index in [9.17, 15) is 4.79 Å². The lowest BCUT2D eigenvalue weighted by Gasteiger charge is -2.45. The quantitative estimate of drug-likeness (QED) is 0.750. The van der Waals surface area contributed by atoms with Crippen LogP contribution < -0.4 is 4.90 Å². The van der Waals surface area contributed by atoms with Crippen molar-refractivity contribution in [3.8, 4) is 0 Å². The van der Waals surface area contributed by atoms with Crippen LogP contribution in [0.25, 0.3) is 0 Å². The maximum absolute atomic E-state index is 10.7. The molecule has 2 atom stereocenters. The number of nitrogens with zero attached hydrogens (tertiary/aromatic N) is 1. The highest BCUT2D eigenvalue weighted by atomic mass is 16.5. The highest BCUT2D eigenvalue weighted by Gasteiger charge is 2.34. The maximum Gasteiger partial charge on any atom is 0.150 e. The van der Waals surface area contributed by atoms with Gasteiger partial charge in [0, 0.05) is 17.8 Å². The molecule has 2 fully saturated rings. The van der Waals surface area contributed by atoms with Crippen molar-refractivity contribution in [1.29, 1.82) is 0 Å². The molecule has 3 nitrogen and oxygen atoms in total. The molecule has 1 saturated heterocycles. The summed E-state index contributed by atoms with van der Waals surface area (Å²) < 4.78 is 5.88. The smallest absolute Gasteiger partial charge is 0.150 e. The van der Waals surface area contributed by atoms with Gasteiger partial charge in [0.2, 0.25) is 0 Å². The number of fused-ring (bicyclic) bond motifs is 1. The Morgan fingerprint density at radius 3 is 2.72 bits per heavy atom. The van der Waals surface area contributed by atoms with E-state index < -0.39 is 0 Å². The Hall–Kier alpha value is -1.35. The van der Waals surface area contributed by atoms with Crippen LogP contribution in [0.4, 0.5) is 5.69 Å². The number of anilines is 1. The number of ether oxygens (including phenoxy) is 1. The van der Waals surface area contributed by atoms with Crippen molar-refractivity contribution < 1.29 is 9.53 Å². The zero-order valence-corrected chi connectivity index (χ0v) is 10.5. The van der Waals surface area contributed by atoms with Gasteiger partial charge in [-0.15, -0.1) is 0 Å². The molecule has 3 heteroatoms. The lowest BCUT2D eigenvalue weighted by Crippen LogP contribution is -2.52. The average Bonchev–Trinajstić information content (AvgIpc) is 2.47. The van der Waals surface area contributed by atoms with Crippen LogP contribution in [-0.4, -0.2) is 31.6 Å². The van der Waals surface area contributed by atoms with Crippen LogP contribution in [0.3, 0.4) is 0 Å². The molecular formula is C15H19NO2. The van der Waals surface area contributed by atoms with Gasteiger partial charge in [0.1, 0.15) is 6.29 Å². The van der Waals surface area contributed by atoms with E-state index in [1.54, 1.807) is 0 Å². The number of carbonyl (C=O) groups is 1. The fourth-order valence-corrected chi connectivity index (χ4v) is 3.16. The highest BCUT2D eigenvalue weighted by molar-refractivity contribution is 5.75. The molecule has 1 aromatic carbocycles. The summed E-state index contributed by atoms with van der Waals surface area (Å²) in [4.78, 5) is 13.1. The molecule has 0 spiro atoms. The number of hydrogen-bond donors (Lipinski definition) is 0. The van der Waals surface area contributed by atoms with Crippen molar-refractivity contribution in [2.75, 3.05) is 18.1 Å². The number of hydrogen-bond acceptors (Lipinski definition) is 3. The van der Waals surface area contributed by atoms with Crippen LogP contribution in [-0.2, 0) is 4.74 Å². The Morgan fingerprint density at radius 2 is 1.94 bits per heavy atom. The fourth-order valence-electron chi connectivity index (χ4n) is 3.16. The second kappa shape index (κ2) is 5.11. The molecule has 18 heavy (non-hydrogen) atoms. The summed E-state index contributed by atoms with van der Waals surface area (Å²) in [6.45, 7) is 1.78. The Kier molecular flexibility index (Phi) is 3.33. The predicted octanol–water partition coefficient (Wildman–Crippen LogP) is 2.65. The molecular weight excluding hydrogens is 226 g/mol. The maximum atomic E-state index is 10.7. The third kappa shape index (κ3) is 2.15. The summed E-state index contributed by atoms with van der Waals surface area (Å²) in [5.41, 5.74) is 1.97. The number of carbonyl (C=O) groups excluding carboxylic acids is 1. The molecule has 0 N–H and O–H groups in total. The first-order chi connectivity index (χ1) is 8.88. The standard InChI is InChI=1S/C15H19NO2/c17-11-12-5-7-13(8-6-12)16-9-10-18-15-4-2-1-3-14(15)16/h5-8,11,14-15H,1-4,9-10H2. The van der Waals surface area contributed by atoms with Crippen molar-refractivity contribution in [2.45, 2.75) is 37.8 Å². The number of rotatable bonds is 2. The van der Waals surface area contributed by atoms with Crippen LogP contribution in [0.2, 0.25) is 0 Å². The van der Waals surface area contributed by atoms with Crippen LogP contribution in [0, 0.1) is 0 Å². The van der Waals surface area contributed by atoms with E-state index in [1.807, 2.05) is 12.1 Å². The second-order valence-electron chi connectivity index (χ2n) is 5.16. The molecule has 1 aromatic rings. The Balaban J connectivity index is 1.82. The average molecular weight is 245 g/mol. The predicted molar refractivity (Wildman–Crippen MR) is 71.2 cm³/mol. The molecule has 0 aromatic heterocycles. The van der Waals surface area contributed by atoms with Crippen molar-refractivity contribution in [1.82, 2.24) is 0 Å². The van der Waals surface area contributed by atoms with Crippen LogP contribution >= 0.6 is 0 Å². The molecule has 1 aliphatic carbocycles. The normalized spacial score (nSPS) is 27.7. The first-order valence-electron chi connectivity index (χ1n) is 6.82. The second-order valence-corrected chi connectivity index (χ2v) is 5.16. The third-order valence-electron chi connectivity index (χ3n) is 4.09. The SMILES string of the molecule is O=Cc1ccc(N2CCOC3CCCCC32)cc1. The first kappa shape index (κ1) is 11.7. The largest absolute Gasteiger partial charge is 0.374 e. The van der Waals surface area contributed by atoms with Crippen LogP contribution in [0.1, 0.15) is 36.0 Å². The van der Waals surface area contributed by atoms with Crippen LogP contribution in [0.15, 0.2) is 24.3 Å². The van der Waals surface area contributed by atoms with E-state index in [0.717, 1.165) is 25.0 Å². The van der Waals surface area contributed by atoms with Gasteiger partial charge in [0.15, 0.2) is 0 Å². The van der Waals surface area contributed by atoms with Gasteiger partial charge in [0.25, 0.3) is 0 Å². The van der Waals surface area contributed by atoms with Crippen molar-refractivity contribution in [3.63, 3.8) is 0 Å². The lowest BCUT2D eigenvalue weighted by molar-refractivity contribution is -0.00867. The monoisotopic (exact) mass is 245 g/mol.